The van der Waals surface area contributed by atoms with Crippen LogP contribution in [0, 0.1) is 0 Å². The number of amides is 1. The molecule has 94 valence electrons. The molecule has 0 saturated heterocycles. The van der Waals surface area contributed by atoms with Crippen molar-refractivity contribution in [1.29, 1.82) is 0 Å². The van der Waals surface area contributed by atoms with E-state index >= 15 is 0 Å². The lowest BCUT2D eigenvalue weighted by Gasteiger charge is -2.21. The number of ether oxygens (including phenoxy) is 1. The van der Waals surface area contributed by atoms with Gasteiger partial charge in [-0.3, -0.25) is 4.79 Å². The Bertz CT molecular complexity index is 398. The molecule has 3 nitrogen and oxygen atoms in total. The van der Waals surface area contributed by atoms with Crippen LogP contribution < -0.4 is 0 Å². The van der Waals surface area contributed by atoms with Crippen LogP contribution in [0.1, 0.15) is 17.3 Å². The first-order valence-corrected chi connectivity index (χ1v) is 6.51. The number of rotatable bonds is 5. The molecule has 0 atom stereocenters. The third-order valence-corrected chi connectivity index (χ3v) is 3.71. The van der Waals surface area contributed by atoms with Crippen molar-refractivity contribution >= 4 is 33.4 Å². The number of hydrogen-bond donors (Lipinski definition) is 0. The molecule has 0 radical (unpaired) electrons. The highest BCUT2D eigenvalue weighted by atomic mass is 79.9. The first-order chi connectivity index (χ1) is 8.11. The van der Waals surface area contributed by atoms with E-state index in [1.54, 1.807) is 24.1 Å². The number of likely N-dealkylation sites (N-methyl/N-ethyl adjacent to an activating group) is 1. The zero-order valence-electron chi connectivity index (χ0n) is 9.87. The van der Waals surface area contributed by atoms with Gasteiger partial charge in [-0.05, 0) is 35.0 Å². The van der Waals surface area contributed by atoms with E-state index in [9.17, 15) is 4.79 Å². The zero-order chi connectivity index (χ0) is 12.8. The molecule has 0 aliphatic heterocycles. The predicted octanol–water partition coefficient (Wildman–Crippen LogP) is 3.21. The first kappa shape index (κ1) is 14.5. The number of nitrogens with zero attached hydrogens (tertiary/aromatic N) is 1. The van der Waals surface area contributed by atoms with Crippen LogP contribution in [0.3, 0.4) is 0 Å². The number of benzene rings is 1. The van der Waals surface area contributed by atoms with Gasteiger partial charge < -0.3 is 9.64 Å². The van der Waals surface area contributed by atoms with Gasteiger partial charge >= 0.3 is 0 Å². The van der Waals surface area contributed by atoms with Gasteiger partial charge in [-0.25, -0.2) is 0 Å². The molecule has 0 aromatic heterocycles. The molecule has 0 aliphatic rings. The van der Waals surface area contributed by atoms with Crippen molar-refractivity contribution in [1.82, 2.24) is 4.90 Å². The summed E-state index contributed by atoms with van der Waals surface area (Å²) >= 11 is 9.41. The van der Waals surface area contributed by atoms with Crippen molar-refractivity contribution in [3.05, 3.63) is 33.3 Å². The Morgan fingerprint density at radius 2 is 2.24 bits per heavy atom. The molecule has 0 unspecified atom stereocenters. The molecule has 1 rings (SSSR count). The molecule has 0 saturated carbocycles. The quantitative estimate of drug-likeness (QED) is 0.834. The maximum absolute atomic E-state index is 12.2. The molecule has 1 aromatic rings. The van der Waals surface area contributed by atoms with E-state index in [1.807, 2.05) is 13.0 Å². The van der Waals surface area contributed by atoms with Crippen LogP contribution in [0.4, 0.5) is 0 Å². The highest BCUT2D eigenvalue weighted by molar-refractivity contribution is 9.10. The first-order valence-electron chi connectivity index (χ1n) is 5.34. The number of carbonyl (C=O) groups excluding carboxylic acids is 1. The largest absolute Gasteiger partial charge is 0.383 e. The summed E-state index contributed by atoms with van der Waals surface area (Å²) in [4.78, 5) is 13.9. The Hall–Kier alpha value is -0.580. The minimum atomic E-state index is -0.0733. The smallest absolute Gasteiger partial charge is 0.255 e. The molecule has 0 bridgehead atoms. The summed E-state index contributed by atoms with van der Waals surface area (Å²) in [6.45, 7) is 3.64. The summed E-state index contributed by atoms with van der Waals surface area (Å²) in [5.74, 6) is -0.0733. The molecular weight excluding hydrogens is 305 g/mol. The standard InChI is InChI=1S/C12H15BrClNO2/c1-3-15(7-8-17-2)12(16)9-5-4-6-10(13)11(9)14/h4-6H,3,7-8H2,1-2H3. The van der Waals surface area contributed by atoms with Crippen LogP contribution in [0.2, 0.25) is 5.02 Å². The molecule has 17 heavy (non-hydrogen) atoms. The third-order valence-electron chi connectivity index (χ3n) is 2.42. The summed E-state index contributed by atoms with van der Waals surface area (Å²) in [5, 5.41) is 0.452. The fourth-order valence-electron chi connectivity index (χ4n) is 1.44. The van der Waals surface area contributed by atoms with Gasteiger partial charge in [0.15, 0.2) is 0 Å². The van der Waals surface area contributed by atoms with Gasteiger partial charge in [0.1, 0.15) is 0 Å². The Morgan fingerprint density at radius 3 is 2.82 bits per heavy atom. The third kappa shape index (κ3) is 3.69. The zero-order valence-corrected chi connectivity index (χ0v) is 12.2. The van der Waals surface area contributed by atoms with E-state index in [-0.39, 0.29) is 5.91 Å². The average Bonchev–Trinajstić information content (AvgIpc) is 2.33. The van der Waals surface area contributed by atoms with Gasteiger partial charge in [0.25, 0.3) is 5.91 Å². The minimum absolute atomic E-state index is 0.0733. The number of carbonyl (C=O) groups is 1. The molecule has 0 heterocycles. The SMILES string of the molecule is CCN(CCOC)C(=O)c1cccc(Br)c1Cl. The average molecular weight is 321 g/mol. The summed E-state index contributed by atoms with van der Waals surface area (Å²) in [6, 6.07) is 5.34. The number of methoxy groups -OCH3 is 1. The second kappa shape index (κ2) is 6.99. The monoisotopic (exact) mass is 319 g/mol. The topological polar surface area (TPSA) is 29.5 Å². The van der Waals surface area contributed by atoms with Gasteiger partial charge in [-0.2, -0.15) is 0 Å². The Morgan fingerprint density at radius 1 is 1.53 bits per heavy atom. The molecule has 1 amide bonds. The molecule has 0 fully saturated rings. The van der Waals surface area contributed by atoms with Gasteiger partial charge in [-0.1, -0.05) is 17.7 Å². The van der Waals surface area contributed by atoms with E-state index < -0.39 is 0 Å². The summed E-state index contributed by atoms with van der Waals surface area (Å²) in [7, 11) is 1.62. The van der Waals surface area contributed by atoms with Crippen LogP contribution >= 0.6 is 27.5 Å². The Kier molecular flexibility index (Phi) is 5.95. The highest BCUT2D eigenvalue weighted by Gasteiger charge is 2.17. The van der Waals surface area contributed by atoms with Crippen LogP contribution in [-0.4, -0.2) is 37.6 Å². The molecular formula is C12H15BrClNO2. The van der Waals surface area contributed by atoms with E-state index in [0.29, 0.717) is 30.3 Å². The number of halogens is 2. The van der Waals surface area contributed by atoms with Crippen LogP contribution in [-0.2, 0) is 4.74 Å². The summed E-state index contributed by atoms with van der Waals surface area (Å²) < 4.78 is 5.71. The fraction of sp³-hybridized carbons (Fsp3) is 0.417. The van der Waals surface area contributed by atoms with Crippen molar-refractivity contribution in [3.63, 3.8) is 0 Å². The number of hydrogen-bond acceptors (Lipinski definition) is 2. The van der Waals surface area contributed by atoms with Crippen molar-refractivity contribution in [3.8, 4) is 0 Å². The predicted molar refractivity (Wildman–Crippen MR) is 72.6 cm³/mol. The van der Waals surface area contributed by atoms with Crippen LogP contribution in [0.5, 0.6) is 0 Å². The highest BCUT2D eigenvalue weighted by Crippen LogP contribution is 2.26. The van der Waals surface area contributed by atoms with E-state index in [4.69, 9.17) is 16.3 Å². The lowest BCUT2D eigenvalue weighted by molar-refractivity contribution is 0.0706. The maximum atomic E-state index is 12.2. The molecule has 1 aromatic carbocycles. The normalized spacial score (nSPS) is 10.4. The molecule has 0 aliphatic carbocycles. The van der Waals surface area contributed by atoms with Crippen molar-refractivity contribution in [2.45, 2.75) is 6.92 Å². The van der Waals surface area contributed by atoms with Gasteiger partial charge in [-0.15, -0.1) is 0 Å². The van der Waals surface area contributed by atoms with Crippen molar-refractivity contribution < 1.29 is 9.53 Å². The summed E-state index contributed by atoms with van der Waals surface area (Å²) in [5.41, 5.74) is 0.513. The fourth-order valence-corrected chi connectivity index (χ4v) is 2.02. The summed E-state index contributed by atoms with van der Waals surface area (Å²) in [6.07, 6.45) is 0. The Labute approximate surface area is 115 Å². The maximum Gasteiger partial charge on any atom is 0.255 e. The van der Waals surface area contributed by atoms with E-state index in [2.05, 4.69) is 15.9 Å². The lowest BCUT2D eigenvalue weighted by atomic mass is 10.2. The van der Waals surface area contributed by atoms with Gasteiger partial charge in [0, 0.05) is 24.7 Å². The molecule has 0 spiro atoms. The van der Waals surface area contributed by atoms with E-state index in [1.165, 1.54) is 0 Å². The minimum Gasteiger partial charge on any atom is -0.383 e. The van der Waals surface area contributed by atoms with Crippen LogP contribution in [0.15, 0.2) is 22.7 Å². The second-order valence-electron chi connectivity index (χ2n) is 3.48. The Balaban J connectivity index is 2.90. The van der Waals surface area contributed by atoms with E-state index in [0.717, 1.165) is 4.47 Å². The van der Waals surface area contributed by atoms with Crippen molar-refractivity contribution in [2.24, 2.45) is 0 Å². The molecule has 5 heteroatoms. The van der Waals surface area contributed by atoms with Gasteiger partial charge in [0.2, 0.25) is 0 Å². The lowest BCUT2D eigenvalue weighted by Crippen LogP contribution is -2.33. The second-order valence-corrected chi connectivity index (χ2v) is 4.71. The van der Waals surface area contributed by atoms with Crippen LogP contribution in [0.25, 0.3) is 0 Å². The van der Waals surface area contributed by atoms with Gasteiger partial charge in [0.05, 0.1) is 17.2 Å². The molecule has 0 N–H and O–H groups in total. The van der Waals surface area contributed by atoms with Crippen molar-refractivity contribution in [2.75, 3.05) is 26.8 Å².